The van der Waals surface area contributed by atoms with Gasteiger partial charge in [0.25, 0.3) is 0 Å². The molecule has 1 heterocycles. The molecule has 0 spiro atoms. The zero-order valence-corrected chi connectivity index (χ0v) is 14.0. The van der Waals surface area contributed by atoms with Crippen LogP contribution in [0.4, 0.5) is 13.2 Å². The summed E-state index contributed by atoms with van der Waals surface area (Å²) in [5.74, 6) is -0.0436. The van der Waals surface area contributed by atoms with Crippen LogP contribution in [0.5, 0.6) is 11.5 Å². The molecule has 0 aliphatic carbocycles. The number of alkyl halides is 3. The highest BCUT2D eigenvalue weighted by atomic mass is 19.4. The average molecular weight is 362 g/mol. The van der Waals surface area contributed by atoms with E-state index in [1.54, 1.807) is 6.07 Å². The first kappa shape index (κ1) is 19.3. The van der Waals surface area contributed by atoms with Gasteiger partial charge in [-0.15, -0.1) is 0 Å². The van der Waals surface area contributed by atoms with E-state index in [0.717, 1.165) is 0 Å². The Kier molecular flexibility index (Phi) is 6.49. The summed E-state index contributed by atoms with van der Waals surface area (Å²) in [6, 6.07) is 4.05. The van der Waals surface area contributed by atoms with E-state index in [9.17, 15) is 18.0 Å². The van der Waals surface area contributed by atoms with Crippen LogP contribution in [0.3, 0.4) is 0 Å². The molecule has 25 heavy (non-hydrogen) atoms. The van der Waals surface area contributed by atoms with Crippen LogP contribution in [0.1, 0.15) is 12.5 Å². The first-order chi connectivity index (χ1) is 11.8. The molecule has 1 aliphatic heterocycles. The number of methoxy groups -OCH3 is 1. The lowest BCUT2D eigenvalue weighted by atomic mass is 10.1. The fourth-order valence-electron chi connectivity index (χ4n) is 2.43. The quantitative estimate of drug-likeness (QED) is 0.805. The zero-order valence-electron chi connectivity index (χ0n) is 14.0. The van der Waals surface area contributed by atoms with Gasteiger partial charge in [-0.1, -0.05) is 6.07 Å². The Morgan fingerprint density at radius 1 is 1.40 bits per heavy atom. The molecule has 0 bridgehead atoms. The summed E-state index contributed by atoms with van der Waals surface area (Å²) in [5.41, 5.74) is 0.675. The van der Waals surface area contributed by atoms with E-state index in [1.807, 2.05) is 6.92 Å². The number of carbonyl (C=O) groups excluding carboxylic acids is 1. The maximum atomic E-state index is 12.2. The van der Waals surface area contributed by atoms with Crippen LogP contribution in [0, 0.1) is 0 Å². The second-order valence-electron chi connectivity index (χ2n) is 5.61. The van der Waals surface area contributed by atoms with E-state index in [2.05, 4.69) is 10.6 Å². The Morgan fingerprint density at radius 2 is 2.16 bits per heavy atom. The Balaban J connectivity index is 1.94. The maximum absolute atomic E-state index is 12.2. The molecule has 1 fully saturated rings. The highest BCUT2D eigenvalue weighted by molar-refractivity contribution is 5.82. The van der Waals surface area contributed by atoms with Crippen LogP contribution in [-0.2, 0) is 16.1 Å². The van der Waals surface area contributed by atoms with Gasteiger partial charge in [0.2, 0.25) is 5.91 Å². The molecule has 2 N–H and O–H groups in total. The first-order valence-corrected chi connectivity index (χ1v) is 7.79. The summed E-state index contributed by atoms with van der Waals surface area (Å²) in [5, 5.41) is 5.85. The lowest BCUT2D eigenvalue weighted by Crippen LogP contribution is -2.55. The van der Waals surface area contributed by atoms with Gasteiger partial charge >= 0.3 is 6.18 Å². The predicted octanol–water partition coefficient (Wildman–Crippen LogP) is 1.63. The molecule has 1 aromatic carbocycles. The molecule has 1 saturated heterocycles. The van der Waals surface area contributed by atoms with E-state index < -0.39 is 18.8 Å². The third-order valence-electron chi connectivity index (χ3n) is 3.69. The van der Waals surface area contributed by atoms with Crippen molar-refractivity contribution in [1.29, 1.82) is 0 Å². The minimum absolute atomic E-state index is 0.00845. The smallest absolute Gasteiger partial charge is 0.422 e. The van der Waals surface area contributed by atoms with Crippen molar-refractivity contribution in [1.82, 2.24) is 10.6 Å². The lowest BCUT2D eigenvalue weighted by Gasteiger charge is -2.29. The number of nitrogens with one attached hydrogen (secondary N) is 2. The largest absolute Gasteiger partial charge is 0.493 e. The Labute approximate surface area is 143 Å². The zero-order chi connectivity index (χ0) is 18.4. The van der Waals surface area contributed by atoms with Crippen LogP contribution < -0.4 is 20.1 Å². The van der Waals surface area contributed by atoms with Crippen molar-refractivity contribution < 1.29 is 32.2 Å². The third-order valence-corrected chi connectivity index (χ3v) is 3.69. The number of hydrogen-bond donors (Lipinski definition) is 2. The van der Waals surface area contributed by atoms with E-state index in [0.29, 0.717) is 18.7 Å². The standard InChI is InChI=1S/C16H21F3N2O4/c1-10-14(20-5-6-24-10)15(22)21-8-11-3-4-12(13(7-11)23-2)25-9-16(17,18)19/h3-4,7,10,14,20H,5-6,8-9H2,1-2H3,(H,21,22)/t10-,14+/m1/s1. The minimum atomic E-state index is -4.43. The van der Waals surface area contributed by atoms with Gasteiger partial charge < -0.3 is 24.8 Å². The summed E-state index contributed by atoms with van der Waals surface area (Å²) in [7, 11) is 1.34. The van der Waals surface area contributed by atoms with E-state index >= 15 is 0 Å². The topological polar surface area (TPSA) is 68.8 Å². The van der Waals surface area contributed by atoms with Crippen molar-refractivity contribution in [3.63, 3.8) is 0 Å². The molecule has 0 radical (unpaired) electrons. The van der Waals surface area contributed by atoms with Gasteiger partial charge in [0, 0.05) is 13.1 Å². The summed E-state index contributed by atoms with van der Waals surface area (Å²) in [6.07, 6.45) is -4.66. The molecular formula is C16H21F3N2O4. The highest BCUT2D eigenvalue weighted by Crippen LogP contribution is 2.29. The number of rotatable bonds is 6. The van der Waals surface area contributed by atoms with Crippen molar-refractivity contribution in [2.24, 2.45) is 0 Å². The molecule has 2 atom stereocenters. The van der Waals surface area contributed by atoms with Crippen LogP contribution in [-0.4, -0.2) is 51.1 Å². The number of hydrogen-bond acceptors (Lipinski definition) is 5. The summed E-state index contributed by atoms with van der Waals surface area (Å²) in [6.45, 7) is 1.78. The minimum Gasteiger partial charge on any atom is -0.493 e. The molecule has 9 heteroatoms. The van der Waals surface area contributed by atoms with Gasteiger partial charge in [0.15, 0.2) is 18.1 Å². The van der Waals surface area contributed by atoms with E-state index in [4.69, 9.17) is 14.2 Å². The van der Waals surface area contributed by atoms with Crippen molar-refractivity contribution >= 4 is 5.91 Å². The number of ether oxygens (including phenoxy) is 3. The number of morpholine rings is 1. The number of carbonyl (C=O) groups is 1. The van der Waals surface area contributed by atoms with Crippen molar-refractivity contribution in [2.75, 3.05) is 26.9 Å². The molecule has 1 aromatic rings. The second kappa shape index (κ2) is 8.39. The lowest BCUT2D eigenvalue weighted by molar-refractivity contribution is -0.153. The Morgan fingerprint density at radius 3 is 2.80 bits per heavy atom. The molecule has 140 valence electrons. The fraction of sp³-hybridized carbons (Fsp3) is 0.562. The monoisotopic (exact) mass is 362 g/mol. The normalized spacial score (nSPS) is 20.8. The molecule has 0 aromatic heterocycles. The van der Waals surface area contributed by atoms with Gasteiger partial charge in [0.1, 0.15) is 6.04 Å². The molecule has 0 unspecified atom stereocenters. The Hall–Kier alpha value is -2.00. The van der Waals surface area contributed by atoms with Crippen molar-refractivity contribution in [3.8, 4) is 11.5 Å². The molecular weight excluding hydrogens is 341 g/mol. The van der Waals surface area contributed by atoms with Crippen LogP contribution in [0.2, 0.25) is 0 Å². The molecule has 2 rings (SSSR count). The van der Waals surface area contributed by atoms with Crippen LogP contribution >= 0.6 is 0 Å². The molecule has 0 saturated carbocycles. The number of benzene rings is 1. The number of halogens is 3. The Bertz CT molecular complexity index is 595. The van der Waals surface area contributed by atoms with Gasteiger partial charge in [0.05, 0.1) is 19.8 Å². The molecule has 1 amide bonds. The molecule has 6 nitrogen and oxygen atoms in total. The predicted molar refractivity (Wildman–Crippen MR) is 83.6 cm³/mol. The van der Waals surface area contributed by atoms with Gasteiger partial charge in [-0.2, -0.15) is 13.2 Å². The van der Waals surface area contributed by atoms with Gasteiger partial charge in [-0.05, 0) is 24.6 Å². The highest BCUT2D eigenvalue weighted by Gasteiger charge is 2.29. The SMILES string of the molecule is COc1cc(CNC(=O)[C@H]2NCCO[C@@H]2C)ccc1OCC(F)(F)F. The number of amides is 1. The van der Waals surface area contributed by atoms with E-state index in [-0.39, 0.29) is 30.1 Å². The van der Waals surface area contributed by atoms with Gasteiger partial charge in [-0.3, -0.25) is 4.79 Å². The van der Waals surface area contributed by atoms with Crippen molar-refractivity contribution in [3.05, 3.63) is 23.8 Å². The second-order valence-corrected chi connectivity index (χ2v) is 5.61. The van der Waals surface area contributed by atoms with Crippen LogP contribution in [0.25, 0.3) is 0 Å². The summed E-state index contributed by atoms with van der Waals surface area (Å²) in [4.78, 5) is 12.2. The molecule has 1 aliphatic rings. The fourth-order valence-corrected chi connectivity index (χ4v) is 2.43. The van der Waals surface area contributed by atoms with Crippen molar-refractivity contribution in [2.45, 2.75) is 31.8 Å². The summed E-state index contributed by atoms with van der Waals surface area (Å²) >= 11 is 0. The van der Waals surface area contributed by atoms with Gasteiger partial charge in [-0.25, -0.2) is 0 Å². The maximum Gasteiger partial charge on any atom is 0.422 e. The first-order valence-electron chi connectivity index (χ1n) is 7.79. The van der Waals surface area contributed by atoms with Crippen LogP contribution in [0.15, 0.2) is 18.2 Å². The summed E-state index contributed by atoms with van der Waals surface area (Å²) < 4.78 is 51.9. The van der Waals surface area contributed by atoms with E-state index in [1.165, 1.54) is 19.2 Å². The third kappa shape index (κ3) is 5.79. The average Bonchev–Trinajstić information content (AvgIpc) is 2.57.